The van der Waals surface area contributed by atoms with Crippen LogP contribution in [0.3, 0.4) is 0 Å². The maximum atomic E-state index is 5.77. The summed E-state index contributed by atoms with van der Waals surface area (Å²) in [7, 11) is 0. The summed E-state index contributed by atoms with van der Waals surface area (Å²) in [6, 6.07) is 7.81. The van der Waals surface area contributed by atoms with Crippen LogP contribution in [0.4, 0.5) is 0 Å². The number of ether oxygens (including phenoxy) is 2. The normalized spacial score (nSPS) is 16.3. The molecule has 4 heteroatoms. The number of hydrogen-bond acceptors (Lipinski definition) is 4. The van der Waals surface area contributed by atoms with Gasteiger partial charge in [0.2, 0.25) is 0 Å². The summed E-state index contributed by atoms with van der Waals surface area (Å²) in [5, 5.41) is 0. The quantitative estimate of drug-likeness (QED) is 0.793. The van der Waals surface area contributed by atoms with Crippen molar-refractivity contribution in [1.82, 2.24) is 4.90 Å². The average molecular weight is 250 g/mol. The summed E-state index contributed by atoms with van der Waals surface area (Å²) in [6.45, 7) is 7.29. The van der Waals surface area contributed by atoms with E-state index in [4.69, 9.17) is 15.2 Å². The molecule has 4 nitrogen and oxygen atoms in total. The van der Waals surface area contributed by atoms with Gasteiger partial charge in [0.1, 0.15) is 6.61 Å². The summed E-state index contributed by atoms with van der Waals surface area (Å²) in [4.78, 5) is 2.36. The Morgan fingerprint density at radius 2 is 1.89 bits per heavy atom. The van der Waals surface area contributed by atoms with Crippen LogP contribution in [0.25, 0.3) is 0 Å². The van der Waals surface area contributed by atoms with Gasteiger partial charge in [-0.3, -0.25) is 4.90 Å². The molecule has 0 saturated carbocycles. The second-order valence-corrected chi connectivity index (χ2v) is 4.59. The van der Waals surface area contributed by atoms with E-state index in [0.29, 0.717) is 19.1 Å². The second-order valence-electron chi connectivity index (χ2n) is 4.59. The fourth-order valence-corrected chi connectivity index (χ4v) is 2.14. The van der Waals surface area contributed by atoms with Crippen molar-refractivity contribution in [2.75, 3.05) is 39.4 Å². The van der Waals surface area contributed by atoms with Crippen LogP contribution in [0.15, 0.2) is 24.3 Å². The molecule has 2 rings (SSSR count). The molecule has 1 aromatic rings. The average Bonchev–Trinajstić information content (AvgIpc) is 2.34. The minimum Gasteiger partial charge on any atom is -0.490 e. The number of rotatable bonds is 7. The molecule has 100 valence electrons. The van der Waals surface area contributed by atoms with E-state index in [0.717, 1.165) is 37.7 Å². The Bertz CT molecular complexity index is 365. The minimum absolute atomic E-state index is 0.657. The van der Waals surface area contributed by atoms with Crippen molar-refractivity contribution in [3.05, 3.63) is 24.3 Å². The Balaban J connectivity index is 1.73. The Morgan fingerprint density at radius 3 is 2.50 bits per heavy atom. The van der Waals surface area contributed by atoms with Crippen molar-refractivity contribution in [3.8, 4) is 11.5 Å². The lowest BCUT2D eigenvalue weighted by molar-refractivity contribution is 0.0867. The first-order chi connectivity index (χ1) is 8.83. The van der Waals surface area contributed by atoms with Crippen LogP contribution in [0.2, 0.25) is 0 Å². The summed E-state index contributed by atoms with van der Waals surface area (Å²) in [5.74, 6) is 2.33. The lowest BCUT2D eigenvalue weighted by Crippen LogP contribution is -2.50. The van der Waals surface area contributed by atoms with E-state index in [2.05, 4.69) is 4.90 Å². The van der Waals surface area contributed by atoms with Crippen molar-refractivity contribution in [3.63, 3.8) is 0 Å². The van der Waals surface area contributed by atoms with E-state index in [1.807, 2.05) is 31.2 Å². The first-order valence-corrected chi connectivity index (χ1v) is 6.60. The molecule has 1 aliphatic rings. The molecule has 1 aromatic carbocycles. The third-order valence-corrected chi connectivity index (χ3v) is 3.18. The molecule has 0 aromatic heterocycles. The Kier molecular flexibility index (Phi) is 4.84. The van der Waals surface area contributed by atoms with Gasteiger partial charge < -0.3 is 15.2 Å². The van der Waals surface area contributed by atoms with Crippen molar-refractivity contribution < 1.29 is 9.47 Å². The molecule has 2 N–H and O–H groups in total. The van der Waals surface area contributed by atoms with Crippen molar-refractivity contribution in [2.24, 2.45) is 11.7 Å². The molecular formula is C14H22N2O2. The standard InChI is InChI=1S/C14H22N2O2/c1-2-17-13-5-3-4-6-14(13)18-8-7-16-10-12(9-15)11-16/h3-6,12H,2,7-11,15H2,1H3. The fourth-order valence-electron chi connectivity index (χ4n) is 2.14. The van der Waals surface area contributed by atoms with Crippen LogP contribution in [-0.2, 0) is 0 Å². The number of benzene rings is 1. The van der Waals surface area contributed by atoms with Gasteiger partial charge in [0.25, 0.3) is 0 Å². The summed E-state index contributed by atoms with van der Waals surface area (Å²) in [6.07, 6.45) is 0. The number of nitrogens with two attached hydrogens (primary N) is 1. The number of likely N-dealkylation sites (tertiary alicyclic amines) is 1. The lowest BCUT2D eigenvalue weighted by atomic mass is 10.0. The molecule has 1 aliphatic heterocycles. The molecule has 1 saturated heterocycles. The third-order valence-electron chi connectivity index (χ3n) is 3.18. The van der Waals surface area contributed by atoms with Crippen LogP contribution in [-0.4, -0.2) is 44.3 Å². The van der Waals surface area contributed by atoms with Gasteiger partial charge in [0, 0.05) is 19.6 Å². The van der Waals surface area contributed by atoms with E-state index in [-0.39, 0.29) is 0 Å². The molecule has 1 heterocycles. The van der Waals surface area contributed by atoms with E-state index in [1.165, 1.54) is 0 Å². The summed E-state index contributed by atoms with van der Waals surface area (Å²) < 4.78 is 11.3. The Morgan fingerprint density at radius 1 is 1.22 bits per heavy atom. The summed E-state index contributed by atoms with van der Waals surface area (Å²) in [5.41, 5.74) is 5.59. The Labute approximate surface area is 109 Å². The lowest BCUT2D eigenvalue weighted by Gasteiger charge is -2.38. The van der Waals surface area contributed by atoms with Crippen molar-refractivity contribution in [1.29, 1.82) is 0 Å². The van der Waals surface area contributed by atoms with Crippen LogP contribution < -0.4 is 15.2 Å². The topological polar surface area (TPSA) is 47.7 Å². The maximum Gasteiger partial charge on any atom is 0.161 e. The molecular weight excluding hydrogens is 228 g/mol. The van der Waals surface area contributed by atoms with Gasteiger partial charge in [-0.1, -0.05) is 12.1 Å². The first-order valence-electron chi connectivity index (χ1n) is 6.60. The third kappa shape index (κ3) is 3.37. The highest BCUT2D eigenvalue weighted by atomic mass is 16.5. The first kappa shape index (κ1) is 13.2. The van der Waals surface area contributed by atoms with E-state index < -0.39 is 0 Å². The predicted octanol–water partition coefficient (Wildman–Crippen LogP) is 1.35. The van der Waals surface area contributed by atoms with Crippen LogP contribution in [0.1, 0.15) is 6.92 Å². The van der Waals surface area contributed by atoms with E-state index in [1.54, 1.807) is 0 Å². The van der Waals surface area contributed by atoms with Gasteiger partial charge in [-0.25, -0.2) is 0 Å². The highest BCUT2D eigenvalue weighted by Crippen LogP contribution is 2.26. The highest BCUT2D eigenvalue weighted by Gasteiger charge is 2.24. The predicted molar refractivity (Wildman–Crippen MR) is 72.1 cm³/mol. The Hall–Kier alpha value is -1.26. The molecule has 0 amide bonds. The van der Waals surface area contributed by atoms with E-state index >= 15 is 0 Å². The maximum absolute atomic E-state index is 5.77. The number of hydrogen-bond donors (Lipinski definition) is 1. The molecule has 0 atom stereocenters. The van der Waals surface area contributed by atoms with Gasteiger partial charge in [-0.2, -0.15) is 0 Å². The molecule has 18 heavy (non-hydrogen) atoms. The van der Waals surface area contributed by atoms with Crippen LogP contribution >= 0.6 is 0 Å². The van der Waals surface area contributed by atoms with Gasteiger partial charge >= 0.3 is 0 Å². The molecule has 0 radical (unpaired) electrons. The second kappa shape index (κ2) is 6.61. The van der Waals surface area contributed by atoms with E-state index in [9.17, 15) is 0 Å². The van der Waals surface area contributed by atoms with Gasteiger partial charge in [-0.15, -0.1) is 0 Å². The molecule has 0 bridgehead atoms. The van der Waals surface area contributed by atoms with Gasteiger partial charge in [0.15, 0.2) is 11.5 Å². The summed E-state index contributed by atoms with van der Waals surface area (Å²) >= 11 is 0. The monoisotopic (exact) mass is 250 g/mol. The fraction of sp³-hybridized carbons (Fsp3) is 0.571. The molecule has 0 unspecified atom stereocenters. The van der Waals surface area contributed by atoms with Crippen molar-refractivity contribution >= 4 is 0 Å². The highest BCUT2D eigenvalue weighted by molar-refractivity contribution is 5.39. The van der Waals surface area contributed by atoms with Crippen LogP contribution in [0.5, 0.6) is 11.5 Å². The minimum atomic E-state index is 0.657. The SMILES string of the molecule is CCOc1ccccc1OCCN1CC(CN)C1. The molecule has 1 fully saturated rings. The zero-order chi connectivity index (χ0) is 12.8. The van der Waals surface area contributed by atoms with Gasteiger partial charge in [-0.05, 0) is 31.5 Å². The van der Waals surface area contributed by atoms with Gasteiger partial charge in [0.05, 0.1) is 6.61 Å². The zero-order valence-electron chi connectivity index (χ0n) is 11.0. The largest absolute Gasteiger partial charge is 0.490 e. The number of nitrogens with zero attached hydrogens (tertiary/aromatic N) is 1. The zero-order valence-corrected chi connectivity index (χ0v) is 11.0. The van der Waals surface area contributed by atoms with Crippen LogP contribution in [0, 0.1) is 5.92 Å². The molecule has 0 aliphatic carbocycles. The molecule has 0 spiro atoms. The number of para-hydroxylation sites is 2. The van der Waals surface area contributed by atoms with Crippen molar-refractivity contribution in [2.45, 2.75) is 6.92 Å². The smallest absolute Gasteiger partial charge is 0.161 e.